The number of aliphatic imine (C=N–C) groups is 2. The molecule has 3 aromatic carbocycles. The summed E-state index contributed by atoms with van der Waals surface area (Å²) in [4.78, 5) is 20.8. The van der Waals surface area contributed by atoms with Crippen LogP contribution in [0.5, 0.6) is 0 Å². The van der Waals surface area contributed by atoms with E-state index in [0.29, 0.717) is 35.3 Å². The van der Waals surface area contributed by atoms with Crippen LogP contribution in [0.3, 0.4) is 0 Å². The molecule has 10 heteroatoms. The van der Waals surface area contributed by atoms with Gasteiger partial charge in [0.15, 0.2) is 19.0 Å². The highest BCUT2D eigenvalue weighted by Crippen LogP contribution is 2.51. The number of hydrogen-bond acceptors (Lipinski definition) is 6. The summed E-state index contributed by atoms with van der Waals surface area (Å²) in [5.41, 5.74) is 3.33. The van der Waals surface area contributed by atoms with Gasteiger partial charge in [-0.3, -0.25) is 4.57 Å². The van der Waals surface area contributed by atoms with Crippen molar-refractivity contribution >= 4 is 59.4 Å². The number of aromatic nitrogens is 2. The second kappa shape index (κ2) is 11.9. The maximum atomic E-state index is 15.1. The van der Waals surface area contributed by atoms with E-state index in [1.54, 1.807) is 0 Å². The molecule has 3 aliphatic heterocycles. The van der Waals surface area contributed by atoms with Gasteiger partial charge in [0, 0.05) is 45.0 Å². The highest BCUT2D eigenvalue weighted by Gasteiger charge is 2.42. The maximum absolute atomic E-state index is 15.1. The van der Waals surface area contributed by atoms with Crippen LogP contribution < -0.4 is 11.0 Å². The lowest BCUT2D eigenvalue weighted by molar-refractivity contribution is 0.464. The molecule has 0 unspecified atom stereocenters. The van der Waals surface area contributed by atoms with Crippen molar-refractivity contribution in [2.24, 2.45) is 20.0 Å². The van der Waals surface area contributed by atoms with Crippen molar-refractivity contribution in [2.45, 2.75) is 65.2 Å². The van der Waals surface area contributed by atoms with Crippen LogP contribution in [-0.4, -0.2) is 40.1 Å². The molecule has 5 heterocycles. The van der Waals surface area contributed by atoms with Crippen molar-refractivity contribution in [3.63, 3.8) is 0 Å². The number of fused-ring (bicyclic) bond motifs is 10. The largest absolute Gasteiger partial charge is 0.568 e. The van der Waals surface area contributed by atoms with Crippen LogP contribution in [0.15, 0.2) is 92.8 Å². The Kier molecular flexibility index (Phi) is 7.62. The summed E-state index contributed by atoms with van der Waals surface area (Å²) in [6, 6.07) is 24.6. The fourth-order valence-corrected chi connectivity index (χ4v) is 9.44. The number of hydrogen-bond donors (Lipinski definition) is 0. The molecule has 0 atom stereocenters. The Balaban J connectivity index is 1.42. The average molecular weight is 629 g/mol. The van der Waals surface area contributed by atoms with Crippen molar-refractivity contribution in [1.29, 1.82) is 0 Å². The molecule has 0 aliphatic carbocycles. The van der Waals surface area contributed by atoms with Crippen molar-refractivity contribution in [3.05, 3.63) is 94.9 Å². The normalized spacial score (nSPS) is 16.5. The van der Waals surface area contributed by atoms with E-state index < -0.39 is 14.6 Å². The van der Waals surface area contributed by atoms with Gasteiger partial charge in [0.25, 0.3) is 0 Å². The third kappa shape index (κ3) is 4.83. The Labute approximate surface area is 269 Å². The van der Waals surface area contributed by atoms with E-state index in [1.165, 1.54) is 0 Å². The third-order valence-corrected chi connectivity index (χ3v) is 12.0. The summed E-state index contributed by atoms with van der Waals surface area (Å²) >= 11 is 0. The first-order chi connectivity index (χ1) is 22.6. The summed E-state index contributed by atoms with van der Waals surface area (Å²) in [5, 5.41) is 3.86. The molecule has 0 N–H and O–H groups in total. The first kappa shape index (κ1) is 29.3. The van der Waals surface area contributed by atoms with Crippen LogP contribution >= 0.6 is 7.37 Å². The average Bonchev–Trinajstić information content (AvgIpc) is 3.70. The Morgan fingerprint density at radius 1 is 0.587 bits per heavy atom. The molecule has 5 aromatic rings. The predicted molar refractivity (Wildman–Crippen MR) is 188 cm³/mol. The quantitative estimate of drug-likeness (QED) is 0.0793. The van der Waals surface area contributed by atoms with E-state index in [-0.39, 0.29) is 0 Å². The Morgan fingerprint density at radius 2 is 1.09 bits per heavy atom. The van der Waals surface area contributed by atoms with Gasteiger partial charge in [0.1, 0.15) is 22.6 Å². The number of unbranched alkanes of at least 4 members (excludes halogenated alkanes) is 6. The fraction of sp³-hybridized carbons (Fsp3) is 0.333. The van der Waals surface area contributed by atoms with Crippen LogP contribution in [0.4, 0.5) is 11.6 Å². The van der Waals surface area contributed by atoms with Crippen molar-refractivity contribution in [3.8, 4) is 0 Å². The Morgan fingerprint density at radius 3 is 1.67 bits per heavy atom. The molecular weight excluding hydrogens is 590 g/mol. The maximum Gasteiger partial charge on any atom is 0.568 e. The second-order valence-corrected chi connectivity index (χ2v) is 15.3. The topological polar surface area (TPSA) is 85.6 Å². The van der Waals surface area contributed by atoms with E-state index >= 15 is 4.57 Å². The van der Waals surface area contributed by atoms with Gasteiger partial charge in [-0.05, 0) is 12.8 Å². The molecule has 4 bridgehead atoms. The minimum Gasteiger partial charge on any atom is -0.346 e. The summed E-state index contributed by atoms with van der Waals surface area (Å²) in [7, 11) is -3.87. The minimum atomic E-state index is -3.09. The highest BCUT2D eigenvalue weighted by molar-refractivity contribution is 7.60. The van der Waals surface area contributed by atoms with E-state index in [2.05, 4.69) is 59.2 Å². The molecule has 0 radical (unpaired) electrons. The SMILES string of the molecule is CCCCCCP(=O)(CCCCCC)OB1n2c3c4ccccc4c2/N=C2N=C(/N=c4/c5ccccc5c(n41)=N3)c1ccccc1\2. The van der Waals surface area contributed by atoms with E-state index in [1.807, 2.05) is 36.4 Å². The lowest BCUT2D eigenvalue weighted by Crippen LogP contribution is -2.50. The molecule has 8 rings (SSSR count). The molecule has 0 saturated heterocycles. The van der Waals surface area contributed by atoms with E-state index in [4.69, 9.17) is 24.4 Å². The predicted octanol–water partition coefficient (Wildman–Crippen LogP) is 8.17. The van der Waals surface area contributed by atoms with Crippen LogP contribution in [0, 0.1) is 0 Å². The zero-order chi connectivity index (χ0) is 31.3. The molecular formula is C36H38BN6O2P. The highest BCUT2D eigenvalue weighted by atomic mass is 31.2. The van der Waals surface area contributed by atoms with Crippen LogP contribution in [0.25, 0.3) is 21.5 Å². The van der Waals surface area contributed by atoms with Gasteiger partial charge in [-0.25, -0.2) is 20.0 Å². The van der Waals surface area contributed by atoms with Gasteiger partial charge < -0.3 is 13.4 Å². The third-order valence-electron chi connectivity index (χ3n) is 9.42. The van der Waals surface area contributed by atoms with Crippen LogP contribution in [0.1, 0.15) is 76.3 Å². The summed E-state index contributed by atoms with van der Waals surface area (Å²) < 4.78 is 26.3. The van der Waals surface area contributed by atoms with E-state index in [9.17, 15) is 0 Å². The van der Waals surface area contributed by atoms with Crippen LogP contribution in [0.2, 0.25) is 0 Å². The molecule has 3 aliphatic rings. The first-order valence-electron chi connectivity index (χ1n) is 16.8. The molecule has 8 nitrogen and oxygen atoms in total. The smallest absolute Gasteiger partial charge is 0.346 e. The molecule has 2 aromatic heterocycles. The fourth-order valence-electron chi connectivity index (χ4n) is 7.06. The van der Waals surface area contributed by atoms with Gasteiger partial charge in [-0.1, -0.05) is 125 Å². The molecule has 0 fully saturated rings. The van der Waals surface area contributed by atoms with Crippen molar-refractivity contribution < 1.29 is 9.01 Å². The molecule has 0 saturated carbocycles. The lowest BCUT2D eigenvalue weighted by Gasteiger charge is -2.27. The second-order valence-electron chi connectivity index (χ2n) is 12.6. The minimum absolute atomic E-state index is 0.563. The number of amidine groups is 2. The monoisotopic (exact) mass is 628 g/mol. The summed E-state index contributed by atoms with van der Waals surface area (Å²) in [6.07, 6.45) is 9.52. The van der Waals surface area contributed by atoms with Gasteiger partial charge in [0.05, 0.1) is 0 Å². The molecule has 46 heavy (non-hydrogen) atoms. The van der Waals surface area contributed by atoms with Crippen molar-refractivity contribution in [1.82, 2.24) is 8.96 Å². The number of benzene rings is 3. The summed E-state index contributed by atoms with van der Waals surface area (Å²) in [5.74, 6) is 2.67. The van der Waals surface area contributed by atoms with Crippen LogP contribution in [-0.2, 0) is 9.01 Å². The lowest BCUT2D eigenvalue weighted by atomic mass is 10.00. The zero-order valence-corrected chi connectivity index (χ0v) is 27.4. The number of rotatable bonds is 12. The molecule has 232 valence electrons. The number of nitrogens with zero attached hydrogens (tertiary/aromatic N) is 6. The Bertz CT molecular complexity index is 2220. The van der Waals surface area contributed by atoms with Gasteiger partial charge in [0.2, 0.25) is 0 Å². The van der Waals surface area contributed by atoms with Gasteiger partial charge in [-0.2, -0.15) is 0 Å². The summed E-state index contributed by atoms with van der Waals surface area (Å²) in [6.45, 7) is 4.41. The Hall–Kier alpha value is -4.07. The molecule has 0 spiro atoms. The molecule has 0 amide bonds. The van der Waals surface area contributed by atoms with E-state index in [0.717, 1.165) is 95.3 Å². The standard InChI is InChI=1S/C36H38BN6O2P/c1-3-5-7-15-23-46(44,24-16-8-6-4-2)45-37-42-33-27-19-11-13-21-29(27)35(42)41-36-30-22-14-12-20-28(30)34(43(36)37)40-32-26-18-10-9-17-25(26)31(38-32)39-33/h9-14,17-22H,3-8,15-16,23-24H2,1-2H3/b39-31-,39-33?,40-32?,40-34-. The zero-order valence-electron chi connectivity index (χ0n) is 26.5. The first-order valence-corrected chi connectivity index (χ1v) is 18.8. The van der Waals surface area contributed by atoms with Crippen molar-refractivity contribution in [2.75, 3.05) is 12.3 Å². The van der Waals surface area contributed by atoms with Gasteiger partial charge >= 0.3 is 7.19 Å². The van der Waals surface area contributed by atoms with Gasteiger partial charge in [-0.15, -0.1) is 0 Å².